The molecule has 87 heavy (non-hydrogen) atoms. The number of rotatable bonds is 14. The van der Waals surface area contributed by atoms with Crippen LogP contribution in [0.4, 0.5) is 32.1 Å². The van der Waals surface area contributed by atoms with E-state index < -0.39 is 11.6 Å². The van der Waals surface area contributed by atoms with Crippen molar-refractivity contribution in [2.24, 2.45) is 0 Å². The third kappa shape index (κ3) is 13.7. The molecule has 0 spiro atoms. The minimum absolute atomic E-state index is 0.132. The lowest BCUT2D eigenvalue weighted by Gasteiger charge is -2.43. The average Bonchev–Trinajstić information content (AvgIpc) is 2.09. The highest BCUT2D eigenvalue weighted by atomic mass is 19.1. The molecule has 13 rings (SSSR count). The molecule has 0 saturated carbocycles. The number of hydrogen-bond donors (Lipinski definition) is 3. The van der Waals surface area contributed by atoms with Crippen LogP contribution in [0.2, 0.25) is 0 Å². The van der Waals surface area contributed by atoms with Crippen LogP contribution in [0.3, 0.4) is 0 Å². The second-order valence-electron chi connectivity index (χ2n) is 23.6. The largest absolute Gasteiger partial charge is 0.363 e. The topological polar surface area (TPSA) is 227 Å². The molecule has 7 aromatic rings. The molecule has 3 N–H and O–H groups in total. The predicted octanol–water partition coefficient (Wildman–Crippen LogP) is 6.15. The molecule has 6 aliphatic heterocycles. The first-order valence-corrected chi connectivity index (χ1v) is 30.9. The van der Waals surface area contributed by atoms with Crippen molar-refractivity contribution in [3.8, 4) is 34.9 Å². The van der Waals surface area contributed by atoms with E-state index in [0.717, 1.165) is 132 Å². The van der Waals surface area contributed by atoms with Gasteiger partial charge in [-0.2, -0.15) is 29.5 Å². The summed E-state index contributed by atoms with van der Waals surface area (Å²) in [7, 11) is 0. The number of carbonyl (C=O) groups excluding carboxylic acids is 2. The van der Waals surface area contributed by atoms with Crippen molar-refractivity contribution in [1.29, 1.82) is 10.5 Å². The van der Waals surface area contributed by atoms with E-state index in [2.05, 4.69) is 76.2 Å². The molecule has 0 bridgehead atoms. The van der Waals surface area contributed by atoms with Gasteiger partial charge in [0, 0.05) is 122 Å². The van der Waals surface area contributed by atoms with Gasteiger partial charge in [-0.15, -0.1) is 0 Å². The van der Waals surface area contributed by atoms with Crippen molar-refractivity contribution in [3.05, 3.63) is 109 Å². The Morgan fingerprint density at radius 1 is 0.552 bits per heavy atom. The second-order valence-corrected chi connectivity index (χ2v) is 23.6. The van der Waals surface area contributed by atoms with Crippen molar-refractivity contribution in [2.45, 2.75) is 94.9 Å². The molecule has 1 aromatic carbocycles. The maximum Gasteiger partial charge on any atom is 0.236 e. The van der Waals surface area contributed by atoms with Crippen LogP contribution in [-0.4, -0.2) is 204 Å². The van der Waals surface area contributed by atoms with Gasteiger partial charge in [-0.3, -0.25) is 24.3 Å². The molecule has 6 saturated heterocycles. The number of amides is 2. The van der Waals surface area contributed by atoms with Gasteiger partial charge in [0.05, 0.1) is 46.7 Å². The van der Waals surface area contributed by atoms with Gasteiger partial charge in [-0.05, 0) is 107 Å². The summed E-state index contributed by atoms with van der Waals surface area (Å²) in [5.74, 6) is 0.319. The fourth-order valence-electron chi connectivity index (χ4n) is 13.4. The standard InChI is InChI=1S/C35H41FN10O.C28H35FN10O/c36-32-34(39-27-9-6-15-45(25-27)31(47)11-14-37)40-33(29-23-38-46-16-5-4-10-30(29)46)41-35(32)44-21-19-43(20-22-44)28-12-17-42(18-13-28)24-26-7-2-1-3-8-26;29-25-27(33-20-4-3-12-38(19-20)24(40)6-9-30)34-26(22-18-32-39-13-2-1-5-23(22)39)35-28(25)37-16-14-36(15-17-37)21-7-10-31-11-8-21/h1-5,7-8,10,16,23,27-28H,6,9,11-13,15,17-22,24-25H2,(H,39,40,41);1-2,5,13,18,20-21,31H,3-4,6-8,10-12,14-17,19H2,(H,33,34,35)/t27-;20-/m11/s1. The molecule has 0 unspecified atom stereocenters. The van der Waals surface area contributed by atoms with Crippen LogP contribution in [0.1, 0.15) is 69.8 Å². The number of carbonyl (C=O) groups is 2. The molecular formula is C63H76F2N20O2. The monoisotopic (exact) mass is 1180 g/mol. The Hall–Kier alpha value is -8.42. The summed E-state index contributed by atoms with van der Waals surface area (Å²) >= 11 is 0. The lowest BCUT2D eigenvalue weighted by Crippen LogP contribution is -2.53. The number of fused-ring (bicyclic) bond motifs is 2. The molecule has 454 valence electrons. The van der Waals surface area contributed by atoms with Crippen molar-refractivity contribution in [1.82, 2.24) is 69.0 Å². The van der Waals surface area contributed by atoms with Crippen LogP contribution < -0.4 is 25.8 Å². The van der Waals surface area contributed by atoms with E-state index in [1.807, 2.05) is 70.7 Å². The quantitative estimate of drug-likeness (QED) is 0.111. The number of piperazine rings is 2. The van der Waals surface area contributed by atoms with Crippen molar-refractivity contribution in [3.63, 3.8) is 0 Å². The molecule has 6 aromatic heterocycles. The third-order valence-corrected chi connectivity index (χ3v) is 18.1. The Labute approximate surface area is 505 Å². The summed E-state index contributed by atoms with van der Waals surface area (Å²) < 4.78 is 36.1. The van der Waals surface area contributed by atoms with E-state index in [1.54, 1.807) is 31.2 Å². The molecule has 6 aliphatic rings. The summed E-state index contributed by atoms with van der Waals surface area (Å²) in [4.78, 5) is 58.8. The number of anilines is 4. The minimum atomic E-state index is -0.478. The van der Waals surface area contributed by atoms with Crippen LogP contribution in [0.15, 0.2) is 91.5 Å². The lowest BCUT2D eigenvalue weighted by atomic mass is 10.0. The third-order valence-electron chi connectivity index (χ3n) is 18.1. The highest BCUT2D eigenvalue weighted by Gasteiger charge is 2.34. The number of nitrogens with one attached hydrogen (secondary N) is 3. The molecule has 2 atom stereocenters. The highest BCUT2D eigenvalue weighted by molar-refractivity contribution is 5.80. The van der Waals surface area contributed by atoms with Crippen LogP contribution in [-0.2, 0) is 16.1 Å². The van der Waals surface area contributed by atoms with Gasteiger partial charge in [0.25, 0.3) is 0 Å². The van der Waals surface area contributed by atoms with Gasteiger partial charge < -0.3 is 35.6 Å². The first-order valence-electron chi connectivity index (χ1n) is 30.9. The number of halogens is 2. The number of nitriles is 2. The number of likely N-dealkylation sites (tertiary alicyclic amines) is 3. The smallest absolute Gasteiger partial charge is 0.236 e. The van der Waals surface area contributed by atoms with E-state index in [-0.39, 0.29) is 48.4 Å². The zero-order valence-electron chi connectivity index (χ0n) is 49.2. The zero-order valence-corrected chi connectivity index (χ0v) is 49.2. The first kappa shape index (κ1) is 58.9. The summed E-state index contributed by atoms with van der Waals surface area (Å²) in [6, 6.07) is 26.8. The van der Waals surface area contributed by atoms with E-state index in [4.69, 9.17) is 25.5 Å². The van der Waals surface area contributed by atoms with Gasteiger partial charge in [0.1, 0.15) is 12.8 Å². The Kier molecular flexibility index (Phi) is 18.6. The number of nitrogens with zero attached hydrogens (tertiary/aromatic N) is 17. The van der Waals surface area contributed by atoms with Crippen molar-refractivity contribution < 1.29 is 18.4 Å². The number of hydrogen-bond acceptors (Lipinski definition) is 18. The van der Waals surface area contributed by atoms with Crippen LogP contribution in [0.25, 0.3) is 33.8 Å². The van der Waals surface area contributed by atoms with E-state index >= 15 is 8.78 Å². The Morgan fingerprint density at radius 3 is 1.48 bits per heavy atom. The number of piperidine rings is 4. The summed E-state index contributed by atoms with van der Waals surface area (Å²) in [5.41, 5.74) is 4.49. The zero-order chi connectivity index (χ0) is 59.6. The summed E-state index contributed by atoms with van der Waals surface area (Å²) in [6.07, 6.45) is 14.5. The van der Waals surface area contributed by atoms with Gasteiger partial charge in [-0.25, -0.2) is 29.0 Å². The first-order chi connectivity index (χ1) is 42.7. The van der Waals surface area contributed by atoms with E-state index in [9.17, 15) is 9.59 Å². The molecule has 22 nitrogen and oxygen atoms in total. The van der Waals surface area contributed by atoms with Crippen LogP contribution >= 0.6 is 0 Å². The number of pyridine rings is 2. The Balaban J connectivity index is 0.000000172. The number of benzene rings is 1. The van der Waals surface area contributed by atoms with E-state index in [0.29, 0.717) is 87.7 Å². The van der Waals surface area contributed by atoms with Gasteiger partial charge in [-0.1, -0.05) is 42.5 Å². The SMILES string of the molecule is N#CCC(=O)N1CCC[C@@H](Nc2nc(-c3cnn4ccccc34)nc(N3CCN(C4CCN(Cc5ccccc5)CC4)CC3)c2F)C1.N#CCC(=O)N1CCC[C@@H](Nc2nc(-c3cnn4ccccc34)nc(N3CCN(C4CCNCC4)CC3)c2F)C1. The second kappa shape index (κ2) is 27.5. The Bertz CT molecular complexity index is 3580. The highest BCUT2D eigenvalue weighted by Crippen LogP contribution is 2.34. The van der Waals surface area contributed by atoms with Gasteiger partial charge in [0.15, 0.2) is 34.9 Å². The maximum atomic E-state index is 16.4. The maximum absolute atomic E-state index is 16.4. The van der Waals surface area contributed by atoms with E-state index in [1.165, 1.54) is 5.56 Å². The molecule has 24 heteroatoms. The molecule has 0 aliphatic carbocycles. The van der Waals surface area contributed by atoms with Crippen molar-refractivity contribution >= 4 is 46.1 Å². The molecular weight excluding hydrogens is 1110 g/mol. The van der Waals surface area contributed by atoms with Crippen LogP contribution in [0.5, 0.6) is 0 Å². The normalized spacial score (nSPS) is 20.4. The predicted molar refractivity (Wildman–Crippen MR) is 327 cm³/mol. The summed E-state index contributed by atoms with van der Waals surface area (Å²) in [6.45, 7) is 13.4. The fraction of sp³-hybridized carbons (Fsp3) is 0.492. The Morgan fingerprint density at radius 2 is 1.01 bits per heavy atom. The lowest BCUT2D eigenvalue weighted by molar-refractivity contribution is -0.131. The molecule has 12 heterocycles. The summed E-state index contributed by atoms with van der Waals surface area (Å²) in [5, 5.41) is 36.9. The molecule has 2 amide bonds. The minimum Gasteiger partial charge on any atom is -0.363 e. The fourth-order valence-corrected chi connectivity index (χ4v) is 13.4. The van der Waals surface area contributed by atoms with Crippen molar-refractivity contribution in [2.75, 3.05) is 125 Å². The molecule has 6 fully saturated rings. The average molecular weight is 1180 g/mol. The molecule has 0 radical (unpaired) electrons. The van der Waals surface area contributed by atoms with Gasteiger partial charge >= 0.3 is 0 Å². The van der Waals surface area contributed by atoms with Crippen LogP contribution in [0, 0.1) is 34.3 Å². The van der Waals surface area contributed by atoms with Gasteiger partial charge in [0.2, 0.25) is 23.4 Å². The number of aromatic nitrogens is 8.